The van der Waals surface area contributed by atoms with Gasteiger partial charge in [-0.25, -0.2) is 4.99 Å². The summed E-state index contributed by atoms with van der Waals surface area (Å²) >= 11 is 1.54. The first-order valence-corrected chi connectivity index (χ1v) is 11.3. The molecule has 2 aliphatic heterocycles. The van der Waals surface area contributed by atoms with Crippen LogP contribution >= 0.6 is 11.3 Å². The molecule has 0 aliphatic carbocycles. The van der Waals surface area contributed by atoms with Gasteiger partial charge in [0, 0.05) is 43.6 Å². The fourth-order valence-corrected chi connectivity index (χ4v) is 4.78. The average molecular weight is 450 g/mol. The molecule has 1 saturated heterocycles. The second-order valence-corrected chi connectivity index (χ2v) is 8.75. The number of nitro groups is 1. The smallest absolute Gasteiger partial charge is 0.273 e. The lowest BCUT2D eigenvalue weighted by Crippen LogP contribution is -2.44. The van der Waals surface area contributed by atoms with E-state index < -0.39 is 4.92 Å². The maximum absolute atomic E-state index is 11.1. The molecule has 0 radical (unpaired) electrons. The third-order valence-corrected chi connectivity index (χ3v) is 6.65. The Morgan fingerprint density at radius 1 is 1.03 bits per heavy atom. The average Bonchev–Trinajstić information content (AvgIpc) is 3.31. The monoisotopic (exact) mass is 449 g/mol. The Morgan fingerprint density at radius 2 is 1.78 bits per heavy atom. The van der Waals surface area contributed by atoms with E-state index in [1.54, 1.807) is 23.5 Å². The zero-order chi connectivity index (χ0) is 22.1. The summed E-state index contributed by atoms with van der Waals surface area (Å²) in [4.78, 5) is 23.1. The van der Waals surface area contributed by atoms with Gasteiger partial charge in [0.05, 0.1) is 16.7 Å². The number of benzene rings is 2. The molecule has 0 unspecified atom stereocenters. The summed E-state index contributed by atoms with van der Waals surface area (Å²) in [7, 11) is 2.16. The summed E-state index contributed by atoms with van der Waals surface area (Å²) in [5, 5.41) is 13.1. The summed E-state index contributed by atoms with van der Waals surface area (Å²) in [5.74, 6) is 0.892. The number of piperazine rings is 1. The van der Waals surface area contributed by atoms with Crippen LogP contribution in [0, 0.1) is 10.1 Å². The van der Waals surface area contributed by atoms with Gasteiger partial charge in [-0.3, -0.25) is 10.1 Å². The molecular formula is C23H23N5O3S. The topological polar surface area (TPSA) is 74.5 Å². The van der Waals surface area contributed by atoms with E-state index in [2.05, 4.69) is 57.1 Å². The molecule has 3 aromatic rings. The van der Waals surface area contributed by atoms with Crippen molar-refractivity contribution >= 4 is 40.0 Å². The van der Waals surface area contributed by atoms with Crippen molar-refractivity contribution in [3.8, 4) is 5.75 Å². The van der Waals surface area contributed by atoms with E-state index in [9.17, 15) is 10.1 Å². The van der Waals surface area contributed by atoms with E-state index in [0.717, 1.165) is 42.4 Å². The second kappa shape index (κ2) is 8.60. The lowest BCUT2D eigenvalue weighted by molar-refractivity contribution is -0.384. The van der Waals surface area contributed by atoms with E-state index in [1.165, 1.54) is 17.8 Å². The van der Waals surface area contributed by atoms with Crippen LogP contribution in [0.4, 0.5) is 22.7 Å². The van der Waals surface area contributed by atoms with E-state index in [0.29, 0.717) is 18.3 Å². The van der Waals surface area contributed by atoms with Crippen molar-refractivity contribution in [2.45, 2.75) is 0 Å². The maximum atomic E-state index is 11.1. The number of non-ortho nitro benzene ring substituents is 1. The molecule has 5 rings (SSSR count). The molecule has 0 N–H and O–H groups in total. The number of nitro benzene ring substituents is 1. The van der Waals surface area contributed by atoms with E-state index in [4.69, 9.17) is 4.74 Å². The van der Waals surface area contributed by atoms with Crippen LogP contribution in [-0.4, -0.2) is 55.6 Å². The van der Waals surface area contributed by atoms with Gasteiger partial charge in [-0.15, -0.1) is 11.3 Å². The zero-order valence-electron chi connectivity index (χ0n) is 17.7. The van der Waals surface area contributed by atoms with Crippen molar-refractivity contribution in [1.82, 2.24) is 4.90 Å². The van der Waals surface area contributed by atoms with Crippen molar-refractivity contribution in [2.75, 3.05) is 49.7 Å². The fourth-order valence-electron chi connectivity index (χ4n) is 3.94. The summed E-state index contributed by atoms with van der Waals surface area (Å²) in [6.07, 6.45) is 0. The Kier molecular flexibility index (Phi) is 5.50. The first kappa shape index (κ1) is 20.5. The molecule has 8 nitrogen and oxygen atoms in total. The predicted molar refractivity (Wildman–Crippen MR) is 128 cm³/mol. The maximum Gasteiger partial charge on any atom is 0.273 e. The molecule has 2 aromatic carbocycles. The van der Waals surface area contributed by atoms with Crippen LogP contribution in [0.25, 0.3) is 0 Å². The van der Waals surface area contributed by atoms with Gasteiger partial charge in [-0.05, 0) is 48.8 Å². The molecule has 0 atom stereocenters. The number of anilines is 3. The van der Waals surface area contributed by atoms with Crippen molar-refractivity contribution in [3.63, 3.8) is 0 Å². The van der Waals surface area contributed by atoms with Gasteiger partial charge in [0.15, 0.2) is 0 Å². The summed E-state index contributed by atoms with van der Waals surface area (Å²) in [6, 6.07) is 16.8. The number of rotatable bonds is 4. The van der Waals surface area contributed by atoms with Crippen molar-refractivity contribution in [3.05, 3.63) is 75.0 Å². The number of nitrogens with zero attached hydrogens (tertiary/aromatic N) is 5. The zero-order valence-corrected chi connectivity index (χ0v) is 18.5. The molecule has 0 saturated carbocycles. The second-order valence-electron chi connectivity index (χ2n) is 7.83. The van der Waals surface area contributed by atoms with Gasteiger partial charge < -0.3 is 19.4 Å². The normalized spacial score (nSPS) is 16.5. The summed E-state index contributed by atoms with van der Waals surface area (Å²) in [6.45, 7) is 4.65. The minimum Gasteiger partial charge on any atom is -0.438 e. The van der Waals surface area contributed by atoms with Crippen molar-refractivity contribution < 1.29 is 9.66 Å². The van der Waals surface area contributed by atoms with Crippen molar-refractivity contribution in [1.29, 1.82) is 0 Å². The number of likely N-dealkylation sites (N-methyl/N-ethyl adjacent to an activating group) is 1. The Balaban J connectivity index is 1.34. The minimum atomic E-state index is -0.431. The van der Waals surface area contributed by atoms with Gasteiger partial charge >= 0.3 is 0 Å². The van der Waals surface area contributed by atoms with Gasteiger partial charge in [0.1, 0.15) is 17.3 Å². The Morgan fingerprint density at radius 3 is 2.53 bits per heavy atom. The first-order chi connectivity index (χ1) is 15.6. The van der Waals surface area contributed by atoms with Crippen LogP contribution in [0.15, 0.2) is 65.0 Å². The van der Waals surface area contributed by atoms with Crippen LogP contribution in [0.2, 0.25) is 0 Å². The quantitative estimate of drug-likeness (QED) is 0.436. The molecule has 164 valence electrons. The number of thiophene rings is 1. The van der Waals surface area contributed by atoms with Gasteiger partial charge in [-0.2, -0.15) is 0 Å². The lowest BCUT2D eigenvalue weighted by atomic mass is 10.2. The largest absolute Gasteiger partial charge is 0.438 e. The molecule has 0 spiro atoms. The van der Waals surface area contributed by atoms with Crippen LogP contribution in [0.1, 0.15) is 4.88 Å². The van der Waals surface area contributed by atoms with Gasteiger partial charge in [0.25, 0.3) is 5.69 Å². The lowest BCUT2D eigenvalue weighted by Gasteiger charge is -2.34. The van der Waals surface area contributed by atoms with E-state index in [1.807, 2.05) is 5.38 Å². The molecule has 2 aliphatic rings. The Bertz CT molecular complexity index is 1150. The minimum absolute atomic E-state index is 0.00706. The van der Waals surface area contributed by atoms with Crippen LogP contribution in [0.5, 0.6) is 5.75 Å². The third-order valence-electron chi connectivity index (χ3n) is 5.76. The molecule has 9 heteroatoms. The molecular weight excluding hydrogens is 426 g/mol. The predicted octanol–water partition coefficient (Wildman–Crippen LogP) is 4.34. The van der Waals surface area contributed by atoms with Gasteiger partial charge in [0.2, 0.25) is 5.90 Å². The van der Waals surface area contributed by atoms with Crippen LogP contribution in [-0.2, 0) is 0 Å². The molecule has 1 aromatic heterocycles. The highest BCUT2D eigenvalue weighted by Crippen LogP contribution is 2.37. The van der Waals surface area contributed by atoms with Crippen molar-refractivity contribution in [2.24, 2.45) is 4.99 Å². The van der Waals surface area contributed by atoms with Crippen LogP contribution < -0.4 is 14.5 Å². The number of hydrogen-bond donors (Lipinski definition) is 0. The van der Waals surface area contributed by atoms with E-state index in [-0.39, 0.29) is 5.69 Å². The number of aliphatic imine (C=N–C) groups is 1. The van der Waals surface area contributed by atoms with Crippen LogP contribution in [0.3, 0.4) is 0 Å². The number of hydrogen-bond acceptors (Lipinski definition) is 8. The number of fused-ring (bicyclic) bond motifs is 1. The highest BCUT2D eigenvalue weighted by molar-refractivity contribution is 7.12. The number of ether oxygens (including phenoxy) is 1. The highest BCUT2D eigenvalue weighted by Gasteiger charge is 2.25. The molecule has 32 heavy (non-hydrogen) atoms. The third kappa shape index (κ3) is 4.04. The Hall–Kier alpha value is -3.43. The van der Waals surface area contributed by atoms with E-state index >= 15 is 0 Å². The standard InChI is InChI=1S/C23H23N5O3S/c1-25-10-12-26(13-11-25)17-5-7-18(8-6-17)27-16-24-23(22-21(27)9-14-32-22)31-20-4-2-3-19(15-20)28(29)30/h2-9,14-15H,10-13,16H2,1H3. The Labute approximate surface area is 190 Å². The molecule has 0 bridgehead atoms. The fraction of sp³-hybridized carbons (Fsp3) is 0.261. The highest BCUT2D eigenvalue weighted by atomic mass is 32.1. The summed E-state index contributed by atoms with van der Waals surface area (Å²) in [5.41, 5.74) is 3.33. The molecule has 3 heterocycles. The summed E-state index contributed by atoms with van der Waals surface area (Å²) < 4.78 is 5.94. The van der Waals surface area contributed by atoms with Gasteiger partial charge in [-0.1, -0.05) is 6.07 Å². The molecule has 1 fully saturated rings. The first-order valence-electron chi connectivity index (χ1n) is 10.4. The SMILES string of the molecule is CN1CCN(c2ccc(N3CN=C(Oc4cccc([N+](=O)[O-])c4)c4sccc43)cc2)CC1. The molecule has 0 amide bonds.